The lowest BCUT2D eigenvalue weighted by atomic mass is 9.94. The second-order valence-corrected chi connectivity index (χ2v) is 8.42. The topological polar surface area (TPSA) is 71.8 Å². The van der Waals surface area contributed by atoms with Crippen molar-refractivity contribution in [2.24, 2.45) is 0 Å². The number of hydrogen-bond donors (Lipinski definition) is 1. The Kier molecular flexibility index (Phi) is 7.45. The fraction of sp³-hybridized carbons (Fsp3) is 0.333. The molecule has 3 aromatic rings. The first kappa shape index (κ1) is 22.6. The number of rotatable bonds is 8. The summed E-state index contributed by atoms with van der Waals surface area (Å²) in [5.41, 5.74) is 1.65. The Balaban J connectivity index is 1.71. The predicted molar refractivity (Wildman–Crippen MR) is 126 cm³/mol. The molecule has 6 nitrogen and oxygen atoms in total. The van der Waals surface area contributed by atoms with Crippen LogP contribution in [-0.4, -0.2) is 29.9 Å². The lowest BCUT2D eigenvalue weighted by molar-refractivity contribution is -0.127. The van der Waals surface area contributed by atoms with Crippen molar-refractivity contribution >= 4 is 11.8 Å². The zero-order valence-electron chi connectivity index (χ0n) is 18.9. The van der Waals surface area contributed by atoms with Gasteiger partial charge in [0.05, 0.1) is 13.4 Å². The molecule has 1 aliphatic carbocycles. The van der Waals surface area contributed by atoms with Crippen molar-refractivity contribution in [1.29, 1.82) is 0 Å². The molecule has 1 saturated carbocycles. The van der Waals surface area contributed by atoms with Gasteiger partial charge in [-0.1, -0.05) is 61.7 Å². The van der Waals surface area contributed by atoms with Gasteiger partial charge in [-0.25, -0.2) is 0 Å². The van der Waals surface area contributed by atoms with Gasteiger partial charge in [0, 0.05) is 12.6 Å². The van der Waals surface area contributed by atoms with Gasteiger partial charge < -0.3 is 19.4 Å². The van der Waals surface area contributed by atoms with E-state index in [2.05, 4.69) is 5.32 Å². The Morgan fingerprint density at radius 1 is 1.00 bits per heavy atom. The van der Waals surface area contributed by atoms with Crippen LogP contribution in [0.15, 0.2) is 77.4 Å². The molecular weight excluding hydrogens is 416 g/mol. The van der Waals surface area contributed by atoms with E-state index in [1.54, 1.807) is 24.1 Å². The summed E-state index contributed by atoms with van der Waals surface area (Å²) in [6, 6.07) is 19.6. The molecule has 4 rings (SSSR count). The van der Waals surface area contributed by atoms with Crippen molar-refractivity contribution in [1.82, 2.24) is 10.2 Å². The molecule has 2 aromatic carbocycles. The summed E-state index contributed by atoms with van der Waals surface area (Å²) in [5, 5.41) is 3.22. The number of methoxy groups -OCH3 is 1. The van der Waals surface area contributed by atoms with Crippen molar-refractivity contribution in [2.75, 3.05) is 7.11 Å². The Morgan fingerprint density at radius 2 is 1.73 bits per heavy atom. The molecule has 0 saturated heterocycles. The van der Waals surface area contributed by atoms with Gasteiger partial charge in [-0.15, -0.1) is 0 Å². The van der Waals surface area contributed by atoms with E-state index in [-0.39, 0.29) is 30.2 Å². The molecule has 33 heavy (non-hydrogen) atoms. The smallest absolute Gasteiger partial charge is 0.290 e. The lowest BCUT2D eigenvalue weighted by Gasteiger charge is -2.33. The highest BCUT2D eigenvalue weighted by atomic mass is 16.5. The molecule has 1 atom stereocenters. The van der Waals surface area contributed by atoms with Crippen molar-refractivity contribution < 1.29 is 18.7 Å². The predicted octanol–water partition coefficient (Wildman–Crippen LogP) is 5.12. The molecule has 0 spiro atoms. The van der Waals surface area contributed by atoms with Gasteiger partial charge >= 0.3 is 0 Å². The highest BCUT2D eigenvalue weighted by Gasteiger charge is 2.34. The number of nitrogens with zero attached hydrogens (tertiary/aromatic N) is 1. The molecule has 172 valence electrons. The molecular formula is C27H30N2O4. The van der Waals surface area contributed by atoms with E-state index in [1.807, 2.05) is 54.6 Å². The number of carbonyl (C=O) groups is 2. The first-order valence-corrected chi connectivity index (χ1v) is 11.5. The molecule has 0 radical (unpaired) electrons. The summed E-state index contributed by atoms with van der Waals surface area (Å²) in [6.45, 7) is 0.273. The molecule has 0 bridgehead atoms. The molecule has 2 amide bonds. The van der Waals surface area contributed by atoms with Crippen LogP contribution in [0.1, 0.15) is 59.8 Å². The fourth-order valence-electron chi connectivity index (χ4n) is 4.39. The molecule has 1 aromatic heterocycles. The van der Waals surface area contributed by atoms with Crippen LogP contribution >= 0.6 is 0 Å². The summed E-state index contributed by atoms with van der Waals surface area (Å²) in [4.78, 5) is 28.9. The minimum absolute atomic E-state index is 0.129. The maximum atomic E-state index is 13.7. The highest BCUT2D eigenvalue weighted by molar-refractivity contribution is 5.96. The van der Waals surface area contributed by atoms with Gasteiger partial charge in [0.2, 0.25) is 5.91 Å². The largest absolute Gasteiger partial charge is 0.497 e. The molecule has 1 N–H and O–H groups in total. The maximum absolute atomic E-state index is 13.7. The summed E-state index contributed by atoms with van der Waals surface area (Å²) in [6.07, 6.45) is 6.82. The standard InChI is InChI=1S/C27H30N2O4/c1-32-23-16-14-21(15-17-23)25(26(30)28-22-11-6-3-7-12-22)29(19-20-9-4-2-5-10-20)27(31)24-13-8-18-33-24/h2,4-5,8-10,13-18,22,25H,3,6-7,11-12,19H2,1H3,(H,28,30). The number of amides is 2. The first-order chi connectivity index (χ1) is 16.2. The Morgan fingerprint density at radius 3 is 2.36 bits per heavy atom. The van der Waals surface area contributed by atoms with Crippen molar-refractivity contribution in [3.63, 3.8) is 0 Å². The van der Waals surface area contributed by atoms with Gasteiger partial charge in [-0.2, -0.15) is 0 Å². The highest BCUT2D eigenvalue weighted by Crippen LogP contribution is 2.28. The quantitative estimate of drug-likeness (QED) is 0.521. The normalized spacial score (nSPS) is 14.9. The maximum Gasteiger partial charge on any atom is 0.290 e. The molecule has 1 heterocycles. The molecule has 1 aliphatic rings. The number of hydrogen-bond acceptors (Lipinski definition) is 4. The van der Waals surface area contributed by atoms with Crippen LogP contribution in [0.3, 0.4) is 0 Å². The SMILES string of the molecule is COc1ccc(C(C(=O)NC2CCCCC2)N(Cc2ccccc2)C(=O)c2ccco2)cc1. The summed E-state index contributed by atoms with van der Waals surface area (Å²) >= 11 is 0. The van der Waals surface area contributed by atoms with Crippen LogP contribution in [-0.2, 0) is 11.3 Å². The fourth-order valence-corrected chi connectivity index (χ4v) is 4.39. The minimum Gasteiger partial charge on any atom is -0.497 e. The number of benzene rings is 2. The van der Waals surface area contributed by atoms with E-state index in [9.17, 15) is 9.59 Å². The van der Waals surface area contributed by atoms with E-state index >= 15 is 0 Å². The lowest BCUT2D eigenvalue weighted by Crippen LogP contribution is -2.46. The van der Waals surface area contributed by atoms with Crippen molar-refractivity contribution in [3.05, 3.63) is 89.9 Å². The molecule has 1 unspecified atom stereocenters. The van der Waals surface area contributed by atoms with Crippen molar-refractivity contribution in [3.8, 4) is 5.75 Å². The van der Waals surface area contributed by atoms with E-state index < -0.39 is 6.04 Å². The third-order valence-corrected chi connectivity index (χ3v) is 6.13. The van der Waals surface area contributed by atoms with Crippen LogP contribution in [0.4, 0.5) is 0 Å². The Bertz CT molecular complexity index is 1030. The summed E-state index contributed by atoms with van der Waals surface area (Å²) in [7, 11) is 1.60. The van der Waals surface area contributed by atoms with Gasteiger partial charge in [0.15, 0.2) is 5.76 Å². The number of furan rings is 1. The molecule has 1 fully saturated rings. The van der Waals surface area contributed by atoms with E-state index in [4.69, 9.17) is 9.15 Å². The summed E-state index contributed by atoms with van der Waals surface area (Å²) in [5.74, 6) is 0.387. The van der Waals surface area contributed by atoms with Gasteiger partial charge in [-0.3, -0.25) is 9.59 Å². The zero-order valence-corrected chi connectivity index (χ0v) is 18.9. The summed E-state index contributed by atoms with van der Waals surface area (Å²) < 4.78 is 10.7. The first-order valence-electron chi connectivity index (χ1n) is 11.5. The average Bonchev–Trinajstić information content (AvgIpc) is 3.40. The second-order valence-electron chi connectivity index (χ2n) is 8.42. The van der Waals surface area contributed by atoms with Crippen LogP contribution in [0.5, 0.6) is 5.75 Å². The zero-order chi connectivity index (χ0) is 23.0. The van der Waals surface area contributed by atoms with Crippen LogP contribution in [0.2, 0.25) is 0 Å². The van der Waals surface area contributed by atoms with E-state index in [1.165, 1.54) is 12.7 Å². The monoisotopic (exact) mass is 446 g/mol. The third kappa shape index (κ3) is 5.64. The second kappa shape index (κ2) is 10.9. The molecule has 0 aliphatic heterocycles. The van der Waals surface area contributed by atoms with Gasteiger partial charge in [0.25, 0.3) is 5.91 Å². The third-order valence-electron chi connectivity index (χ3n) is 6.13. The Labute approximate surface area is 194 Å². The minimum atomic E-state index is -0.810. The van der Waals surface area contributed by atoms with Crippen LogP contribution < -0.4 is 10.1 Å². The number of ether oxygens (including phenoxy) is 1. The number of nitrogens with one attached hydrogen (secondary N) is 1. The van der Waals surface area contributed by atoms with Crippen LogP contribution in [0.25, 0.3) is 0 Å². The van der Waals surface area contributed by atoms with Gasteiger partial charge in [-0.05, 0) is 48.2 Å². The van der Waals surface area contributed by atoms with Gasteiger partial charge in [0.1, 0.15) is 11.8 Å². The number of carbonyl (C=O) groups excluding carboxylic acids is 2. The molecule has 6 heteroatoms. The van der Waals surface area contributed by atoms with E-state index in [0.29, 0.717) is 5.75 Å². The van der Waals surface area contributed by atoms with E-state index in [0.717, 1.165) is 36.8 Å². The van der Waals surface area contributed by atoms with Crippen molar-refractivity contribution in [2.45, 2.75) is 50.7 Å². The van der Waals surface area contributed by atoms with Crippen LogP contribution in [0, 0.1) is 0 Å². The average molecular weight is 447 g/mol. The Hall–Kier alpha value is -3.54.